The Morgan fingerprint density at radius 1 is 0.833 bits per heavy atom. The molecule has 0 heterocycles. The van der Waals surface area contributed by atoms with Crippen molar-refractivity contribution in [3.63, 3.8) is 0 Å². The van der Waals surface area contributed by atoms with Crippen LogP contribution in [-0.2, 0) is 6.42 Å². The first-order valence-electron chi connectivity index (χ1n) is 8.57. The molecule has 2 nitrogen and oxygen atoms in total. The first-order chi connectivity index (χ1) is 11.6. The number of phenolic OH excluding ortho intramolecular Hbond substituents is 1. The van der Waals surface area contributed by atoms with Crippen molar-refractivity contribution in [2.45, 2.75) is 32.3 Å². The molecule has 2 N–H and O–H groups in total. The Balaban J connectivity index is 1.63. The predicted molar refractivity (Wildman–Crippen MR) is 99.1 cm³/mol. The van der Waals surface area contributed by atoms with E-state index in [1.54, 1.807) is 18.2 Å². The predicted octanol–water partition coefficient (Wildman–Crippen LogP) is 5.24. The Labute approximate surface area is 143 Å². The number of rotatable bonds is 6. The van der Waals surface area contributed by atoms with Gasteiger partial charge in [0.15, 0.2) is 0 Å². The third kappa shape index (κ3) is 3.77. The summed E-state index contributed by atoms with van der Waals surface area (Å²) in [5.74, 6) is 0.642. The standard InChI is InChI=1S/C22H24O2/c1-16(13-14-22(24)20-11-4-5-12-21(20)23)15-18-9-6-8-17-7-2-3-10-19(17)18/h2-12,16,22-24H,13-15H2,1H3. The minimum atomic E-state index is -0.610. The van der Waals surface area contributed by atoms with Crippen LogP contribution in [0, 0.1) is 5.92 Å². The van der Waals surface area contributed by atoms with Gasteiger partial charge in [0.1, 0.15) is 5.75 Å². The average Bonchev–Trinajstić information content (AvgIpc) is 2.60. The molecule has 24 heavy (non-hydrogen) atoms. The van der Waals surface area contributed by atoms with Crippen molar-refractivity contribution in [2.75, 3.05) is 0 Å². The summed E-state index contributed by atoms with van der Waals surface area (Å²) < 4.78 is 0. The summed E-state index contributed by atoms with van der Waals surface area (Å²) >= 11 is 0. The minimum absolute atomic E-state index is 0.173. The Morgan fingerprint density at radius 3 is 2.38 bits per heavy atom. The number of phenols is 1. The second-order valence-electron chi connectivity index (χ2n) is 6.60. The molecule has 0 amide bonds. The number of aliphatic hydroxyl groups excluding tert-OH is 1. The molecule has 0 spiro atoms. The molecule has 3 aromatic carbocycles. The van der Waals surface area contributed by atoms with Crippen molar-refractivity contribution in [1.82, 2.24) is 0 Å². The van der Waals surface area contributed by atoms with Gasteiger partial charge in [-0.05, 0) is 47.6 Å². The van der Waals surface area contributed by atoms with Gasteiger partial charge >= 0.3 is 0 Å². The van der Waals surface area contributed by atoms with Gasteiger partial charge < -0.3 is 10.2 Å². The van der Waals surface area contributed by atoms with E-state index in [9.17, 15) is 10.2 Å². The quantitative estimate of drug-likeness (QED) is 0.652. The molecule has 124 valence electrons. The maximum atomic E-state index is 10.3. The Bertz CT molecular complexity index is 804. The van der Waals surface area contributed by atoms with E-state index in [0.29, 0.717) is 17.9 Å². The third-order valence-electron chi connectivity index (χ3n) is 4.68. The normalized spacial score (nSPS) is 13.8. The molecule has 0 fully saturated rings. The zero-order chi connectivity index (χ0) is 16.9. The maximum Gasteiger partial charge on any atom is 0.121 e. The second-order valence-corrected chi connectivity index (χ2v) is 6.60. The van der Waals surface area contributed by atoms with E-state index in [4.69, 9.17) is 0 Å². The average molecular weight is 320 g/mol. The lowest BCUT2D eigenvalue weighted by molar-refractivity contribution is 0.154. The van der Waals surface area contributed by atoms with E-state index < -0.39 is 6.10 Å². The molecule has 2 atom stereocenters. The van der Waals surface area contributed by atoms with Crippen molar-refractivity contribution < 1.29 is 10.2 Å². The van der Waals surface area contributed by atoms with E-state index in [1.165, 1.54) is 16.3 Å². The lowest BCUT2D eigenvalue weighted by Crippen LogP contribution is -2.05. The molecule has 0 aliphatic carbocycles. The summed E-state index contributed by atoms with van der Waals surface area (Å²) in [5.41, 5.74) is 1.98. The van der Waals surface area contributed by atoms with Crippen LogP contribution in [0.25, 0.3) is 10.8 Å². The number of aliphatic hydroxyl groups is 1. The van der Waals surface area contributed by atoms with Crippen LogP contribution in [0.1, 0.15) is 37.0 Å². The minimum Gasteiger partial charge on any atom is -0.508 e. The van der Waals surface area contributed by atoms with Crippen molar-refractivity contribution in [3.8, 4) is 5.75 Å². The molecule has 3 rings (SSSR count). The Kier molecular flexibility index (Phi) is 5.17. The van der Waals surface area contributed by atoms with Gasteiger partial charge in [0.05, 0.1) is 6.10 Å². The molecule has 0 bridgehead atoms. The molecule has 0 aliphatic rings. The van der Waals surface area contributed by atoms with Crippen molar-refractivity contribution in [3.05, 3.63) is 77.9 Å². The summed E-state index contributed by atoms with van der Waals surface area (Å²) in [6, 6.07) is 21.9. The van der Waals surface area contributed by atoms with E-state index in [0.717, 1.165) is 12.8 Å². The molecule has 2 heteroatoms. The lowest BCUT2D eigenvalue weighted by Gasteiger charge is -2.17. The lowest BCUT2D eigenvalue weighted by atomic mass is 9.91. The molecule has 0 aromatic heterocycles. The monoisotopic (exact) mass is 320 g/mol. The summed E-state index contributed by atoms with van der Waals surface area (Å²) in [6.07, 6.45) is 1.96. The van der Waals surface area contributed by atoms with Crippen molar-refractivity contribution in [2.24, 2.45) is 5.92 Å². The number of fused-ring (bicyclic) bond motifs is 1. The van der Waals surface area contributed by atoms with Crippen LogP contribution in [0.15, 0.2) is 66.7 Å². The van der Waals surface area contributed by atoms with Gasteiger partial charge in [-0.25, -0.2) is 0 Å². The first-order valence-corrected chi connectivity index (χ1v) is 8.57. The zero-order valence-electron chi connectivity index (χ0n) is 14.0. The number of benzene rings is 3. The number of hydrogen-bond acceptors (Lipinski definition) is 2. The smallest absolute Gasteiger partial charge is 0.121 e. The van der Waals surface area contributed by atoms with E-state index in [2.05, 4.69) is 49.4 Å². The van der Waals surface area contributed by atoms with Gasteiger partial charge in [-0.1, -0.05) is 67.6 Å². The van der Waals surface area contributed by atoms with Gasteiger partial charge in [0.25, 0.3) is 0 Å². The van der Waals surface area contributed by atoms with Gasteiger partial charge in [-0.3, -0.25) is 0 Å². The summed E-state index contributed by atoms with van der Waals surface area (Å²) in [7, 11) is 0. The fraction of sp³-hybridized carbons (Fsp3) is 0.273. The SMILES string of the molecule is CC(CCC(O)c1ccccc1O)Cc1cccc2ccccc12. The molecular weight excluding hydrogens is 296 g/mol. The van der Waals surface area contributed by atoms with E-state index in [-0.39, 0.29) is 5.75 Å². The second kappa shape index (κ2) is 7.50. The van der Waals surface area contributed by atoms with Gasteiger partial charge in [0.2, 0.25) is 0 Å². The van der Waals surface area contributed by atoms with Gasteiger partial charge in [-0.2, -0.15) is 0 Å². The first kappa shape index (κ1) is 16.5. The number of aromatic hydroxyl groups is 1. The van der Waals surface area contributed by atoms with Crippen LogP contribution in [0.3, 0.4) is 0 Å². The maximum absolute atomic E-state index is 10.3. The fourth-order valence-corrected chi connectivity index (χ4v) is 3.32. The highest BCUT2D eigenvalue weighted by Gasteiger charge is 2.14. The van der Waals surface area contributed by atoms with Crippen molar-refractivity contribution >= 4 is 10.8 Å². The fourth-order valence-electron chi connectivity index (χ4n) is 3.32. The summed E-state index contributed by atoms with van der Waals surface area (Å²) in [6.45, 7) is 2.22. The van der Waals surface area contributed by atoms with Crippen LogP contribution in [0.2, 0.25) is 0 Å². The highest BCUT2D eigenvalue weighted by Crippen LogP contribution is 2.29. The molecule has 0 aliphatic heterocycles. The summed E-state index contributed by atoms with van der Waals surface area (Å²) in [4.78, 5) is 0. The van der Waals surface area contributed by atoms with Crippen LogP contribution in [0.5, 0.6) is 5.75 Å². The molecule has 3 aromatic rings. The number of para-hydroxylation sites is 1. The van der Waals surface area contributed by atoms with Crippen LogP contribution in [-0.4, -0.2) is 10.2 Å². The van der Waals surface area contributed by atoms with Gasteiger partial charge in [-0.15, -0.1) is 0 Å². The van der Waals surface area contributed by atoms with Crippen molar-refractivity contribution in [1.29, 1.82) is 0 Å². The molecule has 0 saturated heterocycles. The largest absolute Gasteiger partial charge is 0.508 e. The summed E-state index contributed by atoms with van der Waals surface area (Å²) in [5, 5.41) is 22.8. The highest BCUT2D eigenvalue weighted by atomic mass is 16.3. The molecule has 2 unspecified atom stereocenters. The number of hydrogen-bond donors (Lipinski definition) is 2. The Morgan fingerprint density at radius 2 is 1.54 bits per heavy atom. The topological polar surface area (TPSA) is 40.5 Å². The molecular formula is C22H24O2. The van der Waals surface area contributed by atoms with Gasteiger partial charge in [0, 0.05) is 5.56 Å². The molecule has 0 saturated carbocycles. The van der Waals surface area contributed by atoms with E-state index in [1.807, 2.05) is 6.07 Å². The third-order valence-corrected chi connectivity index (χ3v) is 4.68. The van der Waals surface area contributed by atoms with E-state index >= 15 is 0 Å². The van der Waals surface area contributed by atoms with Crippen LogP contribution in [0.4, 0.5) is 0 Å². The Hall–Kier alpha value is -2.32. The molecule has 0 radical (unpaired) electrons. The zero-order valence-corrected chi connectivity index (χ0v) is 14.0. The van der Waals surface area contributed by atoms with Crippen LogP contribution >= 0.6 is 0 Å². The highest BCUT2D eigenvalue weighted by molar-refractivity contribution is 5.85. The van der Waals surface area contributed by atoms with Crippen LogP contribution < -0.4 is 0 Å².